The van der Waals surface area contributed by atoms with Gasteiger partial charge in [-0.1, -0.05) is 39.0 Å². The Bertz CT molecular complexity index is 787. The lowest BCUT2D eigenvalue weighted by Crippen LogP contribution is -2.08. The minimum absolute atomic E-state index is 0.00526. The Morgan fingerprint density at radius 2 is 1.62 bits per heavy atom. The van der Waals surface area contributed by atoms with Crippen LogP contribution in [0.3, 0.4) is 0 Å². The molecule has 0 aliphatic rings. The Morgan fingerprint density at radius 3 is 2.17 bits per heavy atom. The number of nitrogens with zero attached hydrogens (tertiary/aromatic N) is 2. The van der Waals surface area contributed by atoms with Crippen molar-refractivity contribution in [1.29, 1.82) is 0 Å². The summed E-state index contributed by atoms with van der Waals surface area (Å²) in [5.41, 5.74) is 3.34. The molecule has 0 fully saturated rings. The molecule has 0 aliphatic heterocycles. The fraction of sp³-hybridized carbons (Fsp3) is 0.333. The molecule has 0 amide bonds. The first kappa shape index (κ1) is 17.6. The molecule has 1 atom stereocenters. The summed E-state index contributed by atoms with van der Waals surface area (Å²) in [4.78, 5) is 21.7. The number of benzene rings is 2. The standard InChI is InChI=1S/C18H20N2O4/c1-4-13-9-10-15(19(21)22)11-16(13)12(3)18-14(5-2)7-6-8-17(18)20(23)24/h6-12H,4-5H2,1-3H3. The van der Waals surface area contributed by atoms with Crippen molar-refractivity contribution in [3.05, 3.63) is 78.9 Å². The van der Waals surface area contributed by atoms with Gasteiger partial charge in [-0.15, -0.1) is 0 Å². The molecule has 0 saturated heterocycles. The van der Waals surface area contributed by atoms with Crippen LogP contribution in [-0.4, -0.2) is 9.85 Å². The van der Waals surface area contributed by atoms with Crippen molar-refractivity contribution in [3.63, 3.8) is 0 Å². The maximum absolute atomic E-state index is 11.5. The van der Waals surface area contributed by atoms with Crippen molar-refractivity contribution in [2.24, 2.45) is 0 Å². The van der Waals surface area contributed by atoms with E-state index < -0.39 is 4.92 Å². The smallest absolute Gasteiger partial charge is 0.258 e. The maximum atomic E-state index is 11.5. The van der Waals surface area contributed by atoms with Gasteiger partial charge in [0.15, 0.2) is 0 Å². The van der Waals surface area contributed by atoms with E-state index in [1.54, 1.807) is 18.2 Å². The van der Waals surface area contributed by atoms with E-state index in [1.807, 2.05) is 26.8 Å². The Morgan fingerprint density at radius 1 is 0.958 bits per heavy atom. The van der Waals surface area contributed by atoms with Crippen molar-refractivity contribution >= 4 is 11.4 Å². The molecule has 0 radical (unpaired) electrons. The molecule has 0 N–H and O–H groups in total. The molecule has 126 valence electrons. The van der Waals surface area contributed by atoms with E-state index in [0.29, 0.717) is 18.4 Å². The zero-order valence-electron chi connectivity index (χ0n) is 14.0. The minimum Gasteiger partial charge on any atom is -0.258 e. The van der Waals surface area contributed by atoms with Crippen molar-refractivity contribution in [2.75, 3.05) is 0 Å². The van der Waals surface area contributed by atoms with Crippen LogP contribution in [0.1, 0.15) is 48.9 Å². The molecule has 1 unspecified atom stereocenters. The van der Waals surface area contributed by atoms with Crippen LogP contribution in [0.25, 0.3) is 0 Å². The first-order valence-electron chi connectivity index (χ1n) is 7.94. The van der Waals surface area contributed by atoms with Gasteiger partial charge >= 0.3 is 0 Å². The SMILES string of the molecule is CCc1ccc([N+](=O)[O-])cc1C(C)c1c(CC)cccc1[N+](=O)[O-]. The van der Waals surface area contributed by atoms with E-state index in [0.717, 1.165) is 16.7 Å². The summed E-state index contributed by atoms with van der Waals surface area (Å²) in [6.07, 6.45) is 1.37. The van der Waals surface area contributed by atoms with Crippen LogP contribution in [0.2, 0.25) is 0 Å². The third-order valence-corrected chi connectivity index (χ3v) is 4.37. The van der Waals surface area contributed by atoms with Gasteiger partial charge in [0.2, 0.25) is 0 Å². The first-order valence-corrected chi connectivity index (χ1v) is 7.94. The number of hydrogen-bond acceptors (Lipinski definition) is 4. The van der Waals surface area contributed by atoms with Gasteiger partial charge in [0.25, 0.3) is 11.4 Å². The molecule has 0 aromatic heterocycles. The van der Waals surface area contributed by atoms with Crippen LogP contribution in [0.5, 0.6) is 0 Å². The average Bonchev–Trinajstić information content (AvgIpc) is 2.59. The van der Waals surface area contributed by atoms with Gasteiger partial charge in [-0.3, -0.25) is 20.2 Å². The lowest BCUT2D eigenvalue weighted by atomic mass is 9.84. The largest absolute Gasteiger partial charge is 0.273 e. The highest BCUT2D eigenvalue weighted by molar-refractivity contribution is 5.54. The van der Waals surface area contributed by atoms with E-state index in [4.69, 9.17) is 0 Å². The Kier molecular flexibility index (Phi) is 5.28. The highest BCUT2D eigenvalue weighted by atomic mass is 16.6. The molecule has 2 aromatic carbocycles. The number of rotatable bonds is 6. The summed E-state index contributed by atoms with van der Waals surface area (Å²) in [7, 11) is 0. The quantitative estimate of drug-likeness (QED) is 0.564. The van der Waals surface area contributed by atoms with Gasteiger partial charge in [0, 0.05) is 29.7 Å². The van der Waals surface area contributed by atoms with E-state index in [9.17, 15) is 20.2 Å². The molecule has 0 saturated carbocycles. The number of nitro groups is 2. The zero-order chi connectivity index (χ0) is 17.9. The molecular weight excluding hydrogens is 308 g/mol. The van der Waals surface area contributed by atoms with Gasteiger partial charge < -0.3 is 0 Å². The topological polar surface area (TPSA) is 86.3 Å². The fourth-order valence-electron chi connectivity index (χ4n) is 3.14. The van der Waals surface area contributed by atoms with Crippen LogP contribution in [0.15, 0.2) is 36.4 Å². The monoisotopic (exact) mass is 328 g/mol. The molecule has 2 rings (SSSR count). The Hall–Kier alpha value is -2.76. The number of hydrogen-bond donors (Lipinski definition) is 0. The molecule has 6 heteroatoms. The normalized spacial score (nSPS) is 12.0. The van der Waals surface area contributed by atoms with Crippen LogP contribution in [-0.2, 0) is 12.8 Å². The van der Waals surface area contributed by atoms with Crippen molar-refractivity contribution < 1.29 is 9.85 Å². The molecule has 2 aromatic rings. The Balaban J connectivity index is 2.68. The predicted octanol–water partition coefficient (Wildman–Crippen LogP) is 4.78. The van der Waals surface area contributed by atoms with Crippen LogP contribution < -0.4 is 0 Å². The number of nitro benzene ring substituents is 2. The molecule has 0 heterocycles. The van der Waals surface area contributed by atoms with Crippen molar-refractivity contribution in [3.8, 4) is 0 Å². The van der Waals surface area contributed by atoms with E-state index in [2.05, 4.69) is 0 Å². The second-order valence-electron chi connectivity index (χ2n) is 5.68. The summed E-state index contributed by atoms with van der Waals surface area (Å²) in [5.74, 6) is -0.295. The number of aryl methyl sites for hydroxylation is 2. The van der Waals surface area contributed by atoms with E-state index in [-0.39, 0.29) is 22.2 Å². The third-order valence-electron chi connectivity index (χ3n) is 4.37. The highest BCUT2D eigenvalue weighted by Crippen LogP contribution is 2.37. The number of non-ortho nitro benzene ring substituents is 1. The lowest BCUT2D eigenvalue weighted by molar-refractivity contribution is -0.385. The van der Waals surface area contributed by atoms with Gasteiger partial charge in [0.05, 0.1) is 9.85 Å². The summed E-state index contributed by atoms with van der Waals surface area (Å²) in [5, 5.41) is 22.6. The van der Waals surface area contributed by atoms with Gasteiger partial charge in [-0.05, 0) is 29.5 Å². The molecule has 0 spiro atoms. The second kappa shape index (κ2) is 7.21. The summed E-state index contributed by atoms with van der Waals surface area (Å²) in [6, 6.07) is 9.82. The van der Waals surface area contributed by atoms with Crippen LogP contribution in [0.4, 0.5) is 11.4 Å². The molecule has 6 nitrogen and oxygen atoms in total. The summed E-state index contributed by atoms with van der Waals surface area (Å²) in [6.45, 7) is 5.79. The van der Waals surface area contributed by atoms with E-state index in [1.165, 1.54) is 12.1 Å². The van der Waals surface area contributed by atoms with Crippen LogP contribution >= 0.6 is 0 Å². The fourth-order valence-corrected chi connectivity index (χ4v) is 3.14. The second-order valence-corrected chi connectivity index (χ2v) is 5.68. The first-order chi connectivity index (χ1) is 11.4. The van der Waals surface area contributed by atoms with Crippen molar-refractivity contribution in [1.82, 2.24) is 0 Å². The molecular formula is C18H20N2O4. The average molecular weight is 328 g/mol. The third kappa shape index (κ3) is 3.27. The summed E-state index contributed by atoms with van der Waals surface area (Å²) >= 11 is 0. The predicted molar refractivity (Wildman–Crippen MR) is 92.5 cm³/mol. The lowest BCUT2D eigenvalue weighted by Gasteiger charge is -2.19. The van der Waals surface area contributed by atoms with Gasteiger partial charge in [0.1, 0.15) is 0 Å². The molecule has 0 aliphatic carbocycles. The van der Waals surface area contributed by atoms with Gasteiger partial charge in [-0.25, -0.2) is 0 Å². The van der Waals surface area contributed by atoms with E-state index >= 15 is 0 Å². The van der Waals surface area contributed by atoms with Crippen molar-refractivity contribution in [2.45, 2.75) is 39.5 Å². The van der Waals surface area contributed by atoms with Crippen LogP contribution in [0, 0.1) is 20.2 Å². The minimum atomic E-state index is -0.435. The molecule has 24 heavy (non-hydrogen) atoms. The summed E-state index contributed by atoms with van der Waals surface area (Å²) < 4.78 is 0. The highest BCUT2D eigenvalue weighted by Gasteiger charge is 2.25. The van der Waals surface area contributed by atoms with Gasteiger partial charge in [-0.2, -0.15) is 0 Å². The zero-order valence-corrected chi connectivity index (χ0v) is 14.0. The maximum Gasteiger partial charge on any atom is 0.273 e. The Labute approximate surface area is 140 Å². The molecule has 0 bridgehead atoms.